The molecule has 0 saturated heterocycles. The van der Waals surface area contributed by atoms with Crippen LogP contribution in [0, 0.1) is 6.92 Å². The van der Waals surface area contributed by atoms with Crippen LogP contribution in [0.3, 0.4) is 0 Å². The maximum atomic E-state index is 10.1. The molecule has 0 aliphatic carbocycles. The number of benzene rings is 1. The molecular formula is C15H24OY. The normalized spacial score (nSPS) is 12.2. The first-order chi connectivity index (χ1) is 7.03. The van der Waals surface area contributed by atoms with Gasteiger partial charge in [-0.2, -0.15) is 0 Å². The molecule has 1 nitrogen and oxygen atoms in total. The Morgan fingerprint density at radius 3 is 1.71 bits per heavy atom. The minimum Gasteiger partial charge on any atom is -0.507 e. The first-order valence-electron chi connectivity index (χ1n) is 5.88. The number of aromatic hydroxyl groups is 1. The molecule has 1 N–H and O–H groups in total. The average molecular weight is 309 g/mol. The van der Waals surface area contributed by atoms with E-state index in [1.165, 1.54) is 5.56 Å². The van der Waals surface area contributed by atoms with Crippen LogP contribution >= 0.6 is 0 Å². The van der Waals surface area contributed by atoms with E-state index in [1.807, 2.05) is 6.92 Å². The largest absolute Gasteiger partial charge is 0.507 e. The molecule has 0 heterocycles. The molecule has 0 fully saturated rings. The third-order valence-corrected chi connectivity index (χ3v) is 2.97. The fourth-order valence-corrected chi connectivity index (χ4v) is 1.78. The molecule has 0 amide bonds. The van der Waals surface area contributed by atoms with Gasteiger partial charge in [-0.15, -0.1) is 0 Å². The zero-order valence-electron chi connectivity index (χ0n) is 12.2. The first kappa shape index (κ1) is 17.1. The van der Waals surface area contributed by atoms with E-state index in [0.29, 0.717) is 5.75 Å². The van der Waals surface area contributed by atoms with Crippen molar-refractivity contribution in [2.24, 2.45) is 0 Å². The number of rotatable bonds is 0. The molecule has 0 atom stereocenters. The molecule has 17 heavy (non-hydrogen) atoms. The molecule has 1 rings (SSSR count). The van der Waals surface area contributed by atoms with E-state index in [-0.39, 0.29) is 43.5 Å². The van der Waals surface area contributed by atoms with E-state index in [4.69, 9.17) is 0 Å². The number of phenols is 1. The smallest absolute Gasteiger partial charge is 0.122 e. The minimum absolute atomic E-state index is 0. The number of phenolic OH excluding ortho intramolecular Hbond substituents is 1. The summed E-state index contributed by atoms with van der Waals surface area (Å²) in [5, 5.41) is 10.1. The van der Waals surface area contributed by atoms with E-state index < -0.39 is 0 Å². The van der Waals surface area contributed by atoms with Gasteiger partial charge in [0.2, 0.25) is 0 Å². The maximum Gasteiger partial charge on any atom is 0.122 e. The van der Waals surface area contributed by atoms with Gasteiger partial charge in [-0.25, -0.2) is 0 Å². The molecule has 0 aliphatic rings. The summed E-state index contributed by atoms with van der Waals surface area (Å²) in [5.74, 6) is 0.445. The van der Waals surface area contributed by atoms with Gasteiger partial charge in [0.25, 0.3) is 0 Å². The summed E-state index contributed by atoms with van der Waals surface area (Å²) < 4.78 is 0. The molecule has 0 saturated carbocycles. The zero-order valence-corrected chi connectivity index (χ0v) is 15.0. The fourth-order valence-electron chi connectivity index (χ4n) is 1.78. The van der Waals surface area contributed by atoms with E-state index in [1.54, 1.807) is 0 Å². The van der Waals surface area contributed by atoms with Crippen LogP contribution in [0.5, 0.6) is 5.75 Å². The molecule has 2 heteroatoms. The van der Waals surface area contributed by atoms with Crippen molar-refractivity contribution in [2.75, 3.05) is 0 Å². The Morgan fingerprint density at radius 1 is 0.882 bits per heavy atom. The molecule has 1 aromatic rings. The quantitative estimate of drug-likeness (QED) is 0.758. The molecular weight excluding hydrogens is 285 g/mol. The van der Waals surface area contributed by atoms with E-state index in [9.17, 15) is 5.11 Å². The van der Waals surface area contributed by atoms with Crippen molar-refractivity contribution >= 4 is 0 Å². The number of aryl methyl sites for hydroxylation is 1. The van der Waals surface area contributed by atoms with Crippen molar-refractivity contribution in [3.63, 3.8) is 0 Å². The van der Waals surface area contributed by atoms with Gasteiger partial charge in [0, 0.05) is 32.7 Å². The van der Waals surface area contributed by atoms with Gasteiger partial charge in [-0.05, 0) is 34.4 Å². The van der Waals surface area contributed by atoms with Crippen LogP contribution in [0.25, 0.3) is 0 Å². The molecule has 1 radical (unpaired) electrons. The van der Waals surface area contributed by atoms with Crippen LogP contribution in [0.15, 0.2) is 12.1 Å². The Hall–Kier alpha value is 0.124. The molecule has 1 aromatic carbocycles. The summed E-state index contributed by atoms with van der Waals surface area (Å²) in [6.07, 6.45) is 0. The summed E-state index contributed by atoms with van der Waals surface area (Å²) in [6.45, 7) is 15.0. The van der Waals surface area contributed by atoms with Crippen molar-refractivity contribution in [3.05, 3.63) is 28.8 Å². The third-order valence-electron chi connectivity index (χ3n) is 2.97. The summed E-state index contributed by atoms with van der Waals surface area (Å²) in [4.78, 5) is 0. The molecule has 93 valence electrons. The summed E-state index contributed by atoms with van der Waals surface area (Å²) >= 11 is 0. The first-order valence-corrected chi connectivity index (χ1v) is 5.88. The summed E-state index contributed by atoms with van der Waals surface area (Å²) in [7, 11) is 0. The van der Waals surface area contributed by atoms with Crippen molar-refractivity contribution in [3.8, 4) is 5.75 Å². The Bertz CT molecular complexity index is 395. The van der Waals surface area contributed by atoms with Gasteiger partial charge < -0.3 is 5.11 Å². The standard InChI is InChI=1S/C15H24O.Y/c1-10-8-11(14(2,3)4)9-12(13(10)16)15(5,6)7;/h8-9,16H,1-7H3;. The van der Waals surface area contributed by atoms with Gasteiger partial charge in [0.05, 0.1) is 0 Å². The topological polar surface area (TPSA) is 20.2 Å². The van der Waals surface area contributed by atoms with Gasteiger partial charge >= 0.3 is 0 Å². The van der Waals surface area contributed by atoms with E-state index >= 15 is 0 Å². The predicted molar refractivity (Wildman–Crippen MR) is 70.2 cm³/mol. The van der Waals surface area contributed by atoms with Gasteiger partial charge in [0.1, 0.15) is 5.75 Å². The van der Waals surface area contributed by atoms with Crippen LogP contribution in [0.1, 0.15) is 58.2 Å². The Labute approximate surface area is 131 Å². The summed E-state index contributed by atoms with van der Waals surface area (Å²) in [6, 6.07) is 4.23. The predicted octanol–water partition coefficient (Wildman–Crippen LogP) is 4.29. The second-order valence-electron chi connectivity index (χ2n) is 6.69. The van der Waals surface area contributed by atoms with Crippen molar-refractivity contribution in [1.29, 1.82) is 0 Å². The Balaban J connectivity index is 0.00000256. The SMILES string of the molecule is Cc1cc(C(C)(C)C)cc(C(C)(C)C)c1O.[Y]. The van der Waals surface area contributed by atoms with Crippen LogP contribution in [0.4, 0.5) is 0 Å². The van der Waals surface area contributed by atoms with Crippen LogP contribution in [-0.2, 0) is 43.5 Å². The van der Waals surface area contributed by atoms with Crippen molar-refractivity contribution in [2.45, 2.75) is 59.3 Å². The van der Waals surface area contributed by atoms with E-state index in [2.05, 4.69) is 53.7 Å². The monoisotopic (exact) mass is 309 g/mol. The van der Waals surface area contributed by atoms with E-state index in [0.717, 1.165) is 11.1 Å². The number of hydrogen-bond acceptors (Lipinski definition) is 1. The van der Waals surface area contributed by atoms with Crippen molar-refractivity contribution < 1.29 is 37.8 Å². The zero-order chi connectivity index (χ0) is 12.7. The van der Waals surface area contributed by atoms with Gasteiger partial charge in [-0.1, -0.05) is 53.7 Å². The average Bonchev–Trinajstić information content (AvgIpc) is 2.05. The second-order valence-corrected chi connectivity index (χ2v) is 6.69. The van der Waals surface area contributed by atoms with Crippen molar-refractivity contribution in [1.82, 2.24) is 0 Å². The molecule has 0 bridgehead atoms. The Morgan fingerprint density at radius 2 is 1.35 bits per heavy atom. The molecule has 0 unspecified atom stereocenters. The number of hydrogen-bond donors (Lipinski definition) is 1. The molecule has 0 aromatic heterocycles. The van der Waals surface area contributed by atoms with Gasteiger partial charge in [-0.3, -0.25) is 0 Å². The fraction of sp³-hybridized carbons (Fsp3) is 0.600. The third kappa shape index (κ3) is 4.07. The molecule has 0 aliphatic heterocycles. The molecule has 0 spiro atoms. The van der Waals surface area contributed by atoms with Gasteiger partial charge in [0.15, 0.2) is 0 Å². The van der Waals surface area contributed by atoms with Crippen LogP contribution < -0.4 is 0 Å². The maximum absolute atomic E-state index is 10.1. The Kier molecular flexibility index (Phi) is 5.44. The summed E-state index contributed by atoms with van der Waals surface area (Å²) in [5.41, 5.74) is 3.40. The minimum atomic E-state index is -0.0178. The van der Waals surface area contributed by atoms with Crippen LogP contribution in [0.2, 0.25) is 0 Å². The second kappa shape index (κ2) is 5.40. The van der Waals surface area contributed by atoms with Crippen LogP contribution in [-0.4, -0.2) is 5.11 Å².